The van der Waals surface area contributed by atoms with Crippen molar-refractivity contribution in [3.05, 3.63) is 94.1 Å². The summed E-state index contributed by atoms with van der Waals surface area (Å²) in [5.74, 6) is -4.44. The summed E-state index contributed by atoms with van der Waals surface area (Å²) in [6, 6.07) is 13.6. The maximum atomic E-state index is 13.7. The molecule has 0 N–H and O–H groups in total. The number of rotatable bonds is 1. The van der Waals surface area contributed by atoms with E-state index in [1.165, 1.54) is 49.2 Å². The molecule has 0 unspecified atom stereocenters. The van der Waals surface area contributed by atoms with Gasteiger partial charge >= 0.3 is 0 Å². The van der Waals surface area contributed by atoms with Crippen molar-refractivity contribution in [2.75, 3.05) is 0 Å². The van der Waals surface area contributed by atoms with Crippen LogP contribution in [0, 0.1) is 51.0 Å². The van der Waals surface area contributed by atoms with Crippen LogP contribution in [0.2, 0.25) is 0 Å². The average Bonchev–Trinajstić information content (AvgIpc) is 2.70. The van der Waals surface area contributed by atoms with Crippen molar-refractivity contribution in [3.8, 4) is 11.1 Å². The summed E-state index contributed by atoms with van der Waals surface area (Å²) in [4.78, 5) is 0. The molecule has 3 aromatic carbocycles. The van der Waals surface area contributed by atoms with Crippen LogP contribution in [0.5, 0.6) is 0 Å². The first kappa shape index (κ1) is 23.4. The Morgan fingerprint density at radius 1 is 0.429 bits per heavy atom. The second-order valence-electron chi connectivity index (χ2n) is 6.27. The molecule has 0 aliphatic heterocycles. The van der Waals surface area contributed by atoms with Gasteiger partial charge in [0.25, 0.3) is 0 Å². The minimum atomic E-state index is -1.17. The summed E-state index contributed by atoms with van der Waals surface area (Å²) in [7, 11) is 0. The van der Waals surface area contributed by atoms with Crippen molar-refractivity contribution >= 4 is 0 Å². The predicted molar refractivity (Wildman–Crippen MR) is 108 cm³/mol. The van der Waals surface area contributed by atoms with Gasteiger partial charge in [0.15, 0.2) is 23.3 Å². The molecule has 0 amide bonds. The molecule has 0 fully saturated rings. The van der Waals surface area contributed by atoms with E-state index in [0.717, 1.165) is 0 Å². The van der Waals surface area contributed by atoms with E-state index in [1.807, 2.05) is 13.8 Å². The smallest absolute Gasteiger partial charge is 0.167 e. The summed E-state index contributed by atoms with van der Waals surface area (Å²) in [5, 5.41) is 0. The fourth-order valence-corrected chi connectivity index (χ4v) is 2.34. The SMILES string of the molecule is CC.Cc1ccc(-c2ccc(C)c(F)c2F)c(F)c1F.Cc1ccc(C)cc1. The Hall–Kier alpha value is -2.62. The Morgan fingerprint density at radius 3 is 1.00 bits per heavy atom. The molecule has 3 rings (SSSR count). The molecule has 0 bridgehead atoms. The first-order chi connectivity index (χ1) is 13.2. The van der Waals surface area contributed by atoms with E-state index >= 15 is 0 Å². The van der Waals surface area contributed by atoms with Crippen molar-refractivity contribution in [3.63, 3.8) is 0 Å². The molecule has 0 atom stereocenters. The molecule has 150 valence electrons. The summed E-state index contributed by atoms with van der Waals surface area (Å²) in [6.07, 6.45) is 0. The van der Waals surface area contributed by atoms with Crippen LogP contribution in [0.15, 0.2) is 48.5 Å². The summed E-state index contributed by atoms with van der Waals surface area (Å²) in [5.41, 5.74) is 2.32. The van der Waals surface area contributed by atoms with Crippen LogP contribution in [0.25, 0.3) is 11.1 Å². The standard InChI is InChI=1S/C14H10F4.C8H10.C2H6/c1-7-3-5-9(13(17)11(7)15)10-6-4-8(2)12(16)14(10)18;1-7-3-5-8(2)6-4-7;1-2/h3-6H,1-2H3;3-6H,1-2H3;1-2H3. The van der Waals surface area contributed by atoms with E-state index in [1.54, 1.807) is 0 Å². The minimum absolute atomic E-state index is 0.115. The average molecular weight is 390 g/mol. The second-order valence-corrected chi connectivity index (χ2v) is 6.27. The zero-order valence-electron chi connectivity index (χ0n) is 17.1. The van der Waals surface area contributed by atoms with Crippen molar-refractivity contribution in [2.24, 2.45) is 0 Å². The van der Waals surface area contributed by atoms with E-state index < -0.39 is 23.3 Å². The van der Waals surface area contributed by atoms with Gasteiger partial charge in [-0.1, -0.05) is 73.5 Å². The molecule has 0 spiro atoms. The van der Waals surface area contributed by atoms with Crippen LogP contribution in [0.4, 0.5) is 17.6 Å². The molecule has 0 aromatic heterocycles. The molecule has 0 heterocycles. The minimum Gasteiger partial charge on any atom is -0.203 e. The van der Waals surface area contributed by atoms with Gasteiger partial charge in [-0.2, -0.15) is 0 Å². The molecular formula is C24H26F4. The second kappa shape index (κ2) is 10.6. The molecule has 0 saturated carbocycles. The van der Waals surface area contributed by atoms with Crippen molar-refractivity contribution in [1.29, 1.82) is 0 Å². The van der Waals surface area contributed by atoms with Gasteiger partial charge in [0.2, 0.25) is 0 Å². The molecule has 0 aliphatic carbocycles. The highest BCUT2D eigenvalue weighted by atomic mass is 19.2. The quantitative estimate of drug-likeness (QED) is 0.371. The van der Waals surface area contributed by atoms with Gasteiger partial charge in [-0.05, 0) is 38.8 Å². The van der Waals surface area contributed by atoms with E-state index in [9.17, 15) is 17.6 Å². The van der Waals surface area contributed by atoms with Crippen LogP contribution >= 0.6 is 0 Å². The maximum absolute atomic E-state index is 13.7. The lowest BCUT2D eigenvalue weighted by Crippen LogP contribution is -1.98. The fraction of sp³-hybridized carbons (Fsp3) is 0.250. The third-order valence-corrected chi connectivity index (χ3v) is 4.06. The zero-order chi connectivity index (χ0) is 21.4. The Balaban J connectivity index is 0.000000327. The summed E-state index contributed by atoms with van der Waals surface area (Å²) < 4.78 is 54.2. The van der Waals surface area contributed by atoms with Crippen molar-refractivity contribution in [2.45, 2.75) is 41.5 Å². The lowest BCUT2D eigenvalue weighted by Gasteiger charge is -2.09. The van der Waals surface area contributed by atoms with E-state index in [4.69, 9.17) is 0 Å². The number of benzene rings is 3. The third kappa shape index (κ3) is 5.69. The Labute approximate surface area is 164 Å². The largest absolute Gasteiger partial charge is 0.203 e. The summed E-state index contributed by atoms with van der Waals surface area (Å²) in [6.45, 7) is 11.0. The van der Waals surface area contributed by atoms with Gasteiger partial charge in [-0.25, -0.2) is 17.6 Å². The Bertz CT molecular complexity index is 836. The van der Waals surface area contributed by atoms with E-state index in [0.29, 0.717) is 0 Å². The Morgan fingerprint density at radius 2 is 0.714 bits per heavy atom. The van der Waals surface area contributed by atoms with Gasteiger partial charge in [0.05, 0.1) is 0 Å². The molecular weight excluding hydrogens is 364 g/mol. The van der Waals surface area contributed by atoms with Gasteiger partial charge in [0.1, 0.15) is 0 Å². The summed E-state index contributed by atoms with van der Waals surface area (Å²) >= 11 is 0. The van der Waals surface area contributed by atoms with E-state index in [2.05, 4.69) is 38.1 Å². The maximum Gasteiger partial charge on any atom is 0.167 e. The van der Waals surface area contributed by atoms with Crippen LogP contribution < -0.4 is 0 Å². The molecule has 0 radical (unpaired) electrons. The highest BCUT2D eigenvalue weighted by Crippen LogP contribution is 2.30. The lowest BCUT2D eigenvalue weighted by molar-refractivity contribution is 0.496. The topological polar surface area (TPSA) is 0 Å². The molecule has 28 heavy (non-hydrogen) atoms. The monoisotopic (exact) mass is 390 g/mol. The molecule has 0 saturated heterocycles. The molecule has 0 aliphatic rings. The van der Waals surface area contributed by atoms with Gasteiger partial charge in [0, 0.05) is 11.1 Å². The number of halogens is 4. The van der Waals surface area contributed by atoms with Crippen LogP contribution in [0.1, 0.15) is 36.1 Å². The molecule has 3 aromatic rings. The number of aryl methyl sites for hydroxylation is 4. The van der Waals surface area contributed by atoms with Gasteiger partial charge in [-0.15, -0.1) is 0 Å². The van der Waals surface area contributed by atoms with Gasteiger partial charge < -0.3 is 0 Å². The highest BCUT2D eigenvalue weighted by molar-refractivity contribution is 5.66. The first-order valence-corrected chi connectivity index (χ1v) is 9.15. The molecule has 4 heteroatoms. The fourth-order valence-electron chi connectivity index (χ4n) is 2.34. The molecule has 0 nitrogen and oxygen atoms in total. The van der Waals surface area contributed by atoms with E-state index in [-0.39, 0.29) is 22.3 Å². The van der Waals surface area contributed by atoms with Crippen molar-refractivity contribution in [1.82, 2.24) is 0 Å². The Kier molecular flexibility index (Phi) is 8.90. The van der Waals surface area contributed by atoms with Gasteiger partial charge in [-0.3, -0.25) is 0 Å². The number of hydrogen-bond acceptors (Lipinski definition) is 0. The van der Waals surface area contributed by atoms with Crippen LogP contribution in [-0.2, 0) is 0 Å². The normalized spacial score (nSPS) is 9.79. The predicted octanol–water partition coefficient (Wildman–Crippen LogP) is 7.86. The first-order valence-electron chi connectivity index (χ1n) is 9.15. The van der Waals surface area contributed by atoms with Crippen LogP contribution in [-0.4, -0.2) is 0 Å². The lowest BCUT2D eigenvalue weighted by atomic mass is 10.0. The zero-order valence-corrected chi connectivity index (χ0v) is 17.1. The number of hydrogen-bond donors (Lipinski definition) is 0. The third-order valence-electron chi connectivity index (χ3n) is 4.06. The highest BCUT2D eigenvalue weighted by Gasteiger charge is 2.18. The van der Waals surface area contributed by atoms with Crippen molar-refractivity contribution < 1.29 is 17.6 Å². The van der Waals surface area contributed by atoms with Crippen LogP contribution in [0.3, 0.4) is 0 Å².